The van der Waals surface area contributed by atoms with Crippen molar-refractivity contribution >= 4 is 26.9 Å². The fourth-order valence-electron chi connectivity index (χ4n) is 2.65. The standard InChI is InChI=1S/C19H18BrNO4/c1-21(8-9-24-16-5-2-14(20)3-6-16)12-13-10-19(23)25-18-11-15(22)4-7-17(13)18/h2-7,10-11,22H,8-9,12H2,1H3/p+1. The maximum Gasteiger partial charge on any atom is 0.336 e. The number of benzene rings is 2. The van der Waals surface area contributed by atoms with Gasteiger partial charge in [-0.05, 0) is 36.4 Å². The van der Waals surface area contributed by atoms with E-state index in [1.807, 2.05) is 31.3 Å². The van der Waals surface area contributed by atoms with Crippen molar-refractivity contribution in [2.24, 2.45) is 0 Å². The molecule has 1 aromatic heterocycles. The van der Waals surface area contributed by atoms with Gasteiger partial charge in [0, 0.05) is 27.6 Å². The number of likely N-dealkylation sites (N-methyl/N-ethyl adjacent to an activating group) is 1. The molecule has 0 amide bonds. The van der Waals surface area contributed by atoms with Crippen molar-refractivity contribution < 1.29 is 19.2 Å². The molecule has 0 radical (unpaired) electrons. The molecule has 25 heavy (non-hydrogen) atoms. The van der Waals surface area contributed by atoms with Crippen molar-refractivity contribution in [3.05, 3.63) is 69.0 Å². The minimum absolute atomic E-state index is 0.0800. The predicted molar refractivity (Wildman–Crippen MR) is 99.2 cm³/mol. The van der Waals surface area contributed by atoms with E-state index in [-0.39, 0.29) is 5.75 Å². The van der Waals surface area contributed by atoms with E-state index in [0.717, 1.165) is 27.7 Å². The zero-order valence-corrected chi connectivity index (χ0v) is 15.4. The highest BCUT2D eigenvalue weighted by Gasteiger charge is 2.11. The van der Waals surface area contributed by atoms with E-state index < -0.39 is 5.63 Å². The van der Waals surface area contributed by atoms with E-state index in [0.29, 0.717) is 18.7 Å². The van der Waals surface area contributed by atoms with Crippen LogP contribution in [0.15, 0.2) is 62.2 Å². The number of phenolic OH excluding ortho intramolecular Hbond substituents is 1. The Morgan fingerprint density at radius 1 is 1.16 bits per heavy atom. The summed E-state index contributed by atoms with van der Waals surface area (Å²) >= 11 is 3.40. The van der Waals surface area contributed by atoms with Gasteiger partial charge in [-0.15, -0.1) is 0 Å². The molecular weight excluding hydrogens is 386 g/mol. The molecular formula is C19H19BrNO4+. The quantitative estimate of drug-likeness (QED) is 0.619. The number of phenols is 1. The average Bonchev–Trinajstić information content (AvgIpc) is 2.56. The predicted octanol–water partition coefficient (Wildman–Crippen LogP) is 2.35. The van der Waals surface area contributed by atoms with E-state index in [2.05, 4.69) is 15.9 Å². The molecule has 130 valence electrons. The van der Waals surface area contributed by atoms with Crippen LogP contribution in [0.5, 0.6) is 11.5 Å². The van der Waals surface area contributed by atoms with Crippen molar-refractivity contribution in [1.82, 2.24) is 0 Å². The Kier molecular flexibility index (Phi) is 5.40. The van der Waals surface area contributed by atoms with Crippen LogP contribution in [0.3, 0.4) is 0 Å². The summed E-state index contributed by atoms with van der Waals surface area (Å²) in [5.74, 6) is 0.911. The lowest BCUT2D eigenvalue weighted by molar-refractivity contribution is -0.893. The number of quaternary nitrogens is 1. The number of rotatable bonds is 6. The second-order valence-corrected chi connectivity index (χ2v) is 6.87. The van der Waals surface area contributed by atoms with E-state index >= 15 is 0 Å². The third kappa shape index (κ3) is 4.61. The molecule has 1 unspecified atom stereocenters. The van der Waals surface area contributed by atoms with Crippen LogP contribution in [-0.4, -0.2) is 25.3 Å². The van der Waals surface area contributed by atoms with Crippen molar-refractivity contribution in [2.75, 3.05) is 20.2 Å². The van der Waals surface area contributed by atoms with Gasteiger partial charge in [-0.25, -0.2) is 4.79 Å². The molecule has 5 nitrogen and oxygen atoms in total. The summed E-state index contributed by atoms with van der Waals surface area (Å²) in [7, 11) is 2.05. The summed E-state index contributed by atoms with van der Waals surface area (Å²) in [4.78, 5) is 12.9. The lowest BCUT2D eigenvalue weighted by atomic mass is 10.1. The topological polar surface area (TPSA) is 64.1 Å². The first kappa shape index (κ1) is 17.5. The monoisotopic (exact) mass is 404 g/mol. The third-order valence-electron chi connectivity index (χ3n) is 3.92. The van der Waals surface area contributed by atoms with Crippen molar-refractivity contribution in [3.63, 3.8) is 0 Å². The van der Waals surface area contributed by atoms with Crippen LogP contribution < -0.4 is 15.3 Å². The first-order valence-electron chi connectivity index (χ1n) is 7.97. The van der Waals surface area contributed by atoms with Crippen LogP contribution in [0, 0.1) is 0 Å². The Morgan fingerprint density at radius 3 is 2.68 bits per heavy atom. The first-order valence-corrected chi connectivity index (χ1v) is 8.76. The van der Waals surface area contributed by atoms with Gasteiger partial charge in [0.1, 0.15) is 36.8 Å². The lowest BCUT2D eigenvalue weighted by Gasteiger charge is -2.15. The highest BCUT2D eigenvalue weighted by molar-refractivity contribution is 9.10. The fraction of sp³-hybridized carbons (Fsp3) is 0.211. The maximum atomic E-state index is 11.7. The molecule has 1 atom stereocenters. The van der Waals surface area contributed by atoms with Gasteiger partial charge in [0.05, 0.1) is 7.05 Å². The summed E-state index contributed by atoms with van der Waals surface area (Å²) < 4.78 is 11.9. The molecule has 0 spiro atoms. The molecule has 0 fully saturated rings. The number of nitrogens with one attached hydrogen (secondary N) is 1. The van der Waals surface area contributed by atoms with Gasteiger partial charge in [0.25, 0.3) is 0 Å². The zero-order valence-electron chi connectivity index (χ0n) is 13.8. The van der Waals surface area contributed by atoms with Crippen LogP contribution in [0.1, 0.15) is 5.56 Å². The normalized spacial score (nSPS) is 12.2. The Hall–Kier alpha value is -2.31. The zero-order chi connectivity index (χ0) is 17.8. The summed E-state index contributed by atoms with van der Waals surface area (Å²) in [6, 6.07) is 14.1. The van der Waals surface area contributed by atoms with Crippen LogP contribution in [0.2, 0.25) is 0 Å². The molecule has 0 aliphatic heterocycles. The van der Waals surface area contributed by atoms with Crippen LogP contribution in [0.4, 0.5) is 0 Å². The first-order chi connectivity index (χ1) is 12.0. The molecule has 0 saturated carbocycles. The Bertz CT molecular complexity index is 921. The molecule has 1 heterocycles. The van der Waals surface area contributed by atoms with Gasteiger partial charge in [0.15, 0.2) is 0 Å². The second kappa shape index (κ2) is 7.72. The molecule has 2 N–H and O–H groups in total. The van der Waals surface area contributed by atoms with Gasteiger partial charge < -0.3 is 19.2 Å². The fourth-order valence-corrected chi connectivity index (χ4v) is 2.92. The molecule has 3 rings (SSSR count). The minimum atomic E-state index is -0.410. The Morgan fingerprint density at radius 2 is 1.92 bits per heavy atom. The van der Waals surface area contributed by atoms with Crippen LogP contribution in [-0.2, 0) is 6.54 Å². The van der Waals surface area contributed by atoms with Crippen molar-refractivity contribution in [3.8, 4) is 11.5 Å². The minimum Gasteiger partial charge on any atom is -0.508 e. The average molecular weight is 405 g/mol. The van der Waals surface area contributed by atoms with E-state index in [1.54, 1.807) is 12.1 Å². The molecule has 2 aromatic carbocycles. The summed E-state index contributed by atoms with van der Waals surface area (Å²) in [6.45, 7) is 2.03. The SMILES string of the molecule is C[NH+](CCOc1ccc(Br)cc1)Cc1cc(=O)oc2cc(O)ccc12. The van der Waals surface area contributed by atoms with E-state index in [9.17, 15) is 9.90 Å². The molecule has 0 aliphatic rings. The summed E-state index contributed by atoms with van der Waals surface area (Å²) in [5, 5.41) is 10.4. The maximum absolute atomic E-state index is 11.7. The van der Waals surface area contributed by atoms with E-state index in [4.69, 9.17) is 9.15 Å². The number of halogens is 1. The van der Waals surface area contributed by atoms with Crippen LogP contribution in [0.25, 0.3) is 11.0 Å². The molecule has 0 saturated heterocycles. The third-order valence-corrected chi connectivity index (χ3v) is 4.45. The van der Waals surface area contributed by atoms with Crippen molar-refractivity contribution in [2.45, 2.75) is 6.54 Å². The number of ether oxygens (including phenoxy) is 1. The van der Waals surface area contributed by atoms with E-state index in [1.165, 1.54) is 17.0 Å². The Labute approximate surface area is 153 Å². The number of hydrogen-bond donors (Lipinski definition) is 2. The number of aromatic hydroxyl groups is 1. The highest BCUT2D eigenvalue weighted by Crippen LogP contribution is 2.21. The Balaban J connectivity index is 1.64. The van der Waals surface area contributed by atoms with Crippen LogP contribution >= 0.6 is 15.9 Å². The number of hydrogen-bond acceptors (Lipinski definition) is 4. The molecule has 6 heteroatoms. The highest BCUT2D eigenvalue weighted by atomic mass is 79.9. The lowest BCUT2D eigenvalue weighted by Crippen LogP contribution is -3.08. The number of fused-ring (bicyclic) bond motifs is 1. The summed E-state index contributed by atoms with van der Waals surface area (Å²) in [6.07, 6.45) is 0. The van der Waals surface area contributed by atoms with Gasteiger partial charge in [-0.3, -0.25) is 0 Å². The summed E-state index contributed by atoms with van der Waals surface area (Å²) in [5.41, 5.74) is 0.890. The molecule has 0 aliphatic carbocycles. The molecule has 3 aromatic rings. The molecule has 0 bridgehead atoms. The van der Waals surface area contributed by atoms with Gasteiger partial charge in [0.2, 0.25) is 0 Å². The van der Waals surface area contributed by atoms with Crippen molar-refractivity contribution in [1.29, 1.82) is 0 Å². The van der Waals surface area contributed by atoms with Gasteiger partial charge in [-0.2, -0.15) is 0 Å². The smallest absolute Gasteiger partial charge is 0.336 e. The largest absolute Gasteiger partial charge is 0.508 e. The van der Waals surface area contributed by atoms with Gasteiger partial charge >= 0.3 is 5.63 Å². The van der Waals surface area contributed by atoms with Gasteiger partial charge in [-0.1, -0.05) is 15.9 Å². The second-order valence-electron chi connectivity index (χ2n) is 5.96.